The van der Waals surface area contributed by atoms with Crippen molar-refractivity contribution in [3.05, 3.63) is 94.8 Å². The minimum atomic E-state index is -0.460. The number of ether oxygens (including phenoxy) is 1. The first-order valence-electron chi connectivity index (χ1n) is 9.13. The molecule has 0 amide bonds. The molecule has 152 valence electrons. The van der Waals surface area contributed by atoms with Crippen LogP contribution in [0.2, 0.25) is 10.0 Å². The van der Waals surface area contributed by atoms with E-state index in [-0.39, 0.29) is 6.04 Å². The second-order valence-corrected chi connectivity index (χ2v) is 10.6. The number of hydrogen-bond acceptors (Lipinski definition) is 3. The Morgan fingerprint density at radius 1 is 0.900 bits per heavy atom. The zero-order valence-corrected chi connectivity index (χ0v) is 21.5. The number of hydrazone groups is 1. The van der Waals surface area contributed by atoms with Gasteiger partial charge in [0.2, 0.25) is 6.23 Å². The third-order valence-electron chi connectivity index (χ3n) is 5.21. The maximum Gasteiger partial charge on any atom is 0.215 e. The van der Waals surface area contributed by atoms with Gasteiger partial charge in [-0.2, -0.15) is 5.10 Å². The molecule has 0 spiro atoms. The first-order valence-corrected chi connectivity index (χ1v) is 12.3. The van der Waals surface area contributed by atoms with Crippen LogP contribution < -0.4 is 4.74 Å². The molecule has 8 heteroatoms. The van der Waals surface area contributed by atoms with Crippen molar-refractivity contribution in [1.29, 1.82) is 0 Å². The lowest BCUT2D eigenvalue weighted by Gasteiger charge is -2.39. The van der Waals surface area contributed by atoms with E-state index in [0.29, 0.717) is 10.0 Å². The van der Waals surface area contributed by atoms with Crippen LogP contribution in [0.4, 0.5) is 0 Å². The number of hydrogen-bond donors (Lipinski definition) is 0. The van der Waals surface area contributed by atoms with Gasteiger partial charge in [-0.15, -0.1) is 0 Å². The van der Waals surface area contributed by atoms with E-state index in [1.165, 1.54) is 0 Å². The Bertz CT molecular complexity index is 1180. The summed E-state index contributed by atoms with van der Waals surface area (Å²) < 4.78 is 9.37. The molecule has 0 saturated carbocycles. The summed E-state index contributed by atoms with van der Waals surface area (Å²) in [7, 11) is 0. The van der Waals surface area contributed by atoms with Crippen molar-refractivity contribution in [3.8, 4) is 5.75 Å². The molecule has 3 aromatic carbocycles. The van der Waals surface area contributed by atoms with E-state index in [2.05, 4.69) is 66.0 Å². The van der Waals surface area contributed by atoms with Gasteiger partial charge in [-0.3, -0.25) is 0 Å². The Morgan fingerprint density at radius 2 is 1.67 bits per heavy atom. The van der Waals surface area contributed by atoms with Crippen LogP contribution in [0.15, 0.2) is 73.1 Å². The van der Waals surface area contributed by atoms with Gasteiger partial charge in [-0.05, 0) is 57.9 Å². The predicted molar refractivity (Wildman–Crippen MR) is 132 cm³/mol. The van der Waals surface area contributed by atoms with Gasteiger partial charge in [0.05, 0.1) is 21.2 Å². The number of fused-ring (bicyclic) bond motifs is 3. The lowest BCUT2D eigenvalue weighted by atomic mass is 9.96. The maximum absolute atomic E-state index is 6.55. The van der Waals surface area contributed by atoms with E-state index in [1.54, 1.807) is 6.07 Å². The summed E-state index contributed by atoms with van der Waals surface area (Å²) in [5, 5.41) is 8.12. The largest absolute Gasteiger partial charge is 0.463 e. The first-order chi connectivity index (χ1) is 14.4. The molecular formula is C22H13Br3Cl2N2O. The number of benzene rings is 3. The molecule has 2 aliphatic heterocycles. The third-order valence-corrected chi connectivity index (χ3v) is 7.35. The molecule has 3 aromatic rings. The average Bonchev–Trinajstić information content (AvgIpc) is 3.14. The van der Waals surface area contributed by atoms with Gasteiger partial charge in [0.15, 0.2) is 0 Å². The molecule has 0 fully saturated rings. The summed E-state index contributed by atoms with van der Waals surface area (Å²) in [6.07, 6.45) is 0.306. The normalized spacial score (nSPS) is 19.8. The summed E-state index contributed by atoms with van der Waals surface area (Å²) in [6.45, 7) is 0. The predicted octanol–water partition coefficient (Wildman–Crippen LogP) is 8.52. The highest BCUT2D eigenvalue weighted by atomic mass is 79.9. The van der Waals surface area contributed by atoms with Gasteiger partial charge < -0.3 is 4.74 Å². The lowest BCUT2D eigenvalue weighted by Crippen LogP contribution is -2.34. The molecule has 0 saturated heterocycles. The topological polar surface area (TPSA) is 24.8 Å². The zero-order valence-electron chi connectivity index (χ0n) is 15.3. The quantitative estimate of drug-likeness (QED) is 0.283. The van der Waals surface area contributed by atoms with E-state index in [1.807, 2.05) is 35.3 Å². The fraction of sp³-hybridized carbons (Fsp3) is 0.136. The number of nitrogens with zero attached hydrogens (tertiary/aromatic N) is 2. The molecule has 0 N–H and O–H groups in total. The highest BCUT2D eigenvalue weighted by Gasteiger charge is 2.42. The van der Waals surface area contributed by atoms with Crippen molar-refractivity contribution in [1.82, 2.24) is 5.01 Å². The minimum absolute atomic E-state index is 0.0259. The highest BCUT2D eigenvalue weighted by Crippen LogP contribution is 2.51. The molecule has 2 atom stereocenters. The van der Waals surface area contributed by atoms with Crippen LogP contribution in [0.1, 0.15) is 35.4 Å². The second kappa shape index (κ2) is 8.14. The highest BCUT2D eigenvalue weighted by molar-refractivity contribution is 9.11. The summed E-state index contributed by atoms with van der Waals surface area (Å²) in [6, 6.07) is 17.8. The molecule has 2 heterocycles. The Hall–Kier alpha value is -1.05. The van der Waals surface area contributed by atoms with Gasteiger partial charge in [0.1, 0.15) is 5.75 Å². The molecule has 0 aliphatic carbocycles. The van der Waals surface area contributed by atoms with Crippen LogP contribution in [0, 0.1) is 0 Å². The van der Waals surface area contributed by atoms with Crippen molar-refractivity contribution >= 4 is 76.7 Å². The fourth-order valence-corrected chi connectivity index (χ4v) is 5.96. The Labute approximate surface area is 209 Å². The summed E-state index contributed by atoms with van der Waals surface area (Å²) >= 11 is 23.4. The smallest absolute Gasteiger partial charge is 0.215 e. The van der Waals surface area contributed by atoms with Crippen LogP contribution in [0.3, 0.4) is 0 Å². The van der Waals surface area contributed by atoms with Crippen molar-refractivity contribution in [2.45, 2.75) is 18.7 Å². The maximum atomic E-state index is 6.55. The Morgan fingerprint density at radius 3 is 2.40 bits per heavy atom. The molecule has 0 aromatic heterocycles. The molecule has 30 heavy (non-hydrogen) atoms. The molecule has 0 unspecified atom stereocenters. The van der Waals surface area contributed by atoms with Crippen molar-refractivity contribution in [2.75, 3.05) is 0 Å². The Balaban J connectivity index is 1.64. The van der Waals surface area contributed by atoms with E-state index in [0.717, 1.165) is 48.0 Å². The first kappa shape index (κ1) is 20.8. The van der Waals surface area contributed by atoms with E-state index >= 15 is 0 Å². The van der Waals surface area contributed by atoms with E-state index < -0.39 is 6.23 Å². The minimum Gasteiger partial charge on any atom is -0.463 e. The molecule has 5 rings (SSSR count). The monoisotopic (exact) mass is 628 g/mol. The Kier molecular flexibility index (Phi) is 5.65. The fourth-order valence-electron chi connectivity index (χ4n) is 3.84. The van der Waals surface area contributed by atoms with Gasteiger partial charge in [0, 0.05) is 31.5 Å². The lowest BCUT2D eigenvalue weighted by molar-refractivity contribution is -0.0196. The van der Waals surface area contributed by atoms with Crippen molar-refractivity contribution in [3.63, 3.8) is 0 Å². The van der Waals surface area contributed by atoms with Gasteiger partial charge >= 0.3 is 0 Å². The second-order valence-electron chi connectivity index (χ2n) is 7.10. The van der Waals surface area contributed by atoms with Crippen molar-refractivity contribution < 1.29 is 4.74 Å². The summed E-state index contributed by atoms with van der Waals surface area (Å²) in [5.74, 6) is 0.808. The number of halogens is 5. The molecular weight excluding hydrogens is 619 g/mol. The molecule has 2 aliphatic rings. The van der Waals surface area contributed by atoms with Crippen LogP contribution in [-0.2, 0) is 0 Å². The molecule has 0 radical (unpaired) electrons. The van der Waals surface area contributed by atoms with Crippen LogP contribution >= 0.6 is 71.0 Å². The van der Waals surface area contributed by atoms with Gasteiger partial charge in [0.25, 0.3) is 0 Å². The zero-order chi connectivity index (χ0) is 21.0. The molecule has 3 nitrogen and oxygen atoms in total. The number of rotatable bonds is 2. The van der Waals surface area contributed by atoms with E-state index in [9.17, 15) is 0 Å². The van der Waals surface area contributed by atoms with Crippen molar-refractivity contribution in [2.24, 2.45) is 5.10 Å². The summed E-state index contributed by atoms with van der Waals surface area (Å²) in [5.41, 5.74) is 4.00. The third kappa shape index (κ3) is 3.71. The van der Waals surface area contributed by atoms with E-state index in [4.69, 9.17) is 33.0 Å². The average molecular weight is 632 g/mol. The van der Waals surface area contributed by atoms with Gasteiger partial charge in [-0.1, -0.05) is 73.3 Å². The summed E-state index contributed by atoms with van der Waals surface area (Å²) in [4.78, 5) is 0. The van der Waals surface area contributed by atoms with Crippen LogP contribution in [0.5, 0.6) is 5.75 Å². The molecule has 0 bridgehead atoms. The van der Waals surface area contributed by atoms with Crippen LogP contribution in [0.25, 0.3) is 0 Å². The standard InChI is InChI=1S/C22H13Br3Cl2N2O/c23-12-3-1-11(2-4-12)19-10-20-16-7-13(24)8-17(25)21(16)30-22(29(20)28-19)15-6-5-14(26)9-18(15)27/h1-9,20,22H,10H2/t20-,22-/m1/s1. The van der Waals surface area contributed by atoms with Gasteiger partial charge in [-0.25, -0.2) is 5.01 Å². The SMILES string of the molecule is Clc1ccc([C@H]2Oc3c(Br)cc(Br)cc3[C@H]3CC(c4ccc(Br)cc4)=NN32)c(Cl)c1. The van der Waals surface area contributed by atoms with Crippen LogP contribution in [-0.4, -0.2) is 10.7 Å².